The van der Waals surface area contributed by atoms with E-state index in [9.17, 15) is 9.18 Å². The summed E-state index contributed by atoms with van der Waals surface area (Å²) in [4.78, 5) is 9.96. The first kappa shape index (κ1) is 8.46. The molecule has 0 aliphatic carbocycles. The SMILES string of the molecule is O=C(F)C(O)=Cc1ccccc1. The van der Waals surface area contributed by atoms with E-state index in [2.05, 4.69) is 0 Å². The van der Waals surface area contributed by atoms with Gasteiger partial charge < -0.3 is 5.11 Å². The molecule has 1 aromatic carbocycles. The molecule has 0 saturated heterocycles. The molecule has 0 fully saturated rings. The smallest absolute Gasteiger partial charge is 0.366 e. The number of aliphatic hydroxyl groups excluding tert-OH is 1. The van der Waals surface area contributed by atoms with Gasteiger partial charge in [-0.3, -0.25) is 4.79 Å². The molecule has 2 nitrogen and oxygen atoms in total. The fourth-order valence-electron chi connectivity index (χ4n) is 0.764. The molecule has 0 spiro atoms. The number of allylic oxidation sites excluding steroid dienone is 1. The number of halogens is 1. The Bertz CT molecular complexity index is 304. The highest BCUT2D eigenvalue weighted by Crippen LogP contribution is 2.05. The summed E-state index contributed by atoms with van der Waals surface area (Å²) in [6.45, 7) is 0. The van der Waals surface area contributed by atoms with Gasteiger partial charge in [-0.1, -0.05) is 30.3 Å². The standard InChI is InChI=1S/C9H7FO2/c10-9(12)8(11)6-7-4-2-1-3-5-7/h1-6,11H. The average Bonchev–Trinajstić information content (AvgIpc) is 2.06. The van der Waals surface area contributed by atoms with Crippen LogP contribution in [0.1, 0.15) is 5.56 Å². The van der Waals surface area contributed by atoms with Crippen LogP contribution in [0.3, 0.4) is 0 Å². The van der Waals surface area contributed by atoms with Crippen molar-refractivity contribution < 1.29 is 14.3 Å². The summed E-state index contributed by atoms with van der Waals surface area (Å²) in [7, 11) is 0. The highest BCUT2D eigenvalue weighted by molar-refractivity contribution is 5.89. The Morgan fingerprint density at radius 2 is 1.92 bits per heavy atom. The molecule has 0 aliphatic rings. The average molecular weight is 166 g/mol. The van der Waals surface area contributed by atoms with Crippen molar-refractivity contribution in [1.82, 2.24) is 0 Å². The van der Waals surface area contributed by atoms with E-state index in [1.165, 1.54) is 0 Å². The number of hydrogen-bond acceptors (Lipinski definition) is 2. The predicted molar refractivity (Wildman–Crippen MR) is 43.2 cm³/mol. The monoisotopic (exact) mass is 166 g/mol. The molecular formula is C9H7FO2. The van der Waals surface area contributed by atoms with Crippen molar-refractivity contribution in [3.63, 3.8) is 0 Å². The number of carbonyl (C=O) groups excluding carboxylic acids is 1. The highest BCUT2D eigenvalue weighted by Gasteiger charge is 2.03. The molecule has 0 aromatic heterocycles. The van der Waals surface area contributed by atoms with Crippen molar-refractivity contribution in [2.24, 2.45) is 0 Å². The van der Waals surface area contributed by atoms with E-state index in [1.54, 1.807) is 30.3 Å². The molecule has 0 saturated carbocycles. The fourth-order valence-corrected chi connectivity index (χ4v) is 0.764. The molecule has 0 radical (unpaired) electrons. The lowest BCUT2D eigenvalue weighted by Gasteiger charge is -1.91. The second-order valence-electron chi connectivity index (χ2n) is 2.21. The molecule has 0 heterocycles. The maximum absolute atomic E-state index is 11.8. The largest absolute Gasteiger partial charge is 0.502 e. The van der Waals surface area contributed by atoms with Gasteiger partial charge in [0.15, 0.2) is 5.76 Å². The number of benzene rings is 1. The van der Waals surface area contributed by atoms with Gasteiger partial charge in [0.2, 0.25) is 0 Å². The number of rotatable bonds is 2. The van der Waals surface area contributed by atoms with Crippen molar-refractivity contribution >= 4 is 12.1 Å². The van der Waals surface area contributed by atoms with Crippen molar-refractivity contribution in [1.29, 1.82) is 0 Å². The molecule has 12 heavy (non-hydrogen) atoms. The Morgan fingerprint density at radius 3 is 2.42 bits per heavy atom. The summed E-state index contributed by atoms with van der Waals surface area (Å²) in [5, 5.41) is 8.72. The number of carbonyl (C=O) groups is 1. The molecule has 0 aliphatic heterocycles. The second kappa shape index (κ2) is 3.67. The van der Waals surface area contributed by atoms with Crippen LogP contribution in [0, 0.1) is 0 Å². The number of aliphatic hydroxyl groups is 1. The molecular weight excluding hydrogens is 159 g/mol. The van der Waals surface area contributed by atoms with Gasteiger partial charge in [0.25, 0.3) is 0 Å². The fraction of sp³-hybridized carbons (Fsp3) is 0. The van der Waals surface area contributed by atoms with Crippen LogP contribution in [0.15, 0.2) is 36.1 Å². The number of hydrogen-bond donors (Lipinski definition) is 1. The topological polar surface area (TPSA) is 37.3 Å². The Kier molecular flexibility index (Phi) is 2.58. The zero-order valence-electron chi connectivity index (χ0n) is 6.20. The van der Waals surface area contributed by atoms with Crippen LogP contribution in [-0.4, -0.2) is 11.1 Å². The van der Waals surface area contributed by atoms with E-state index < -0.39 is 11.8 Å². The Labute approximate surface area is 69.0 Å². The van der Waals surface area contributed by atoms with Crippen LogP contribution < -0.4 is 0 Å². The molecule has 0 bridgehead atoms. The van der Waals surface area contributed by atoms with E-state index >= 15 is 0 Å². The van der Waals surface area contributed by atoms with E-state index in [4.69, 9.17) is 5.11 Å². The van der Waals surface area contributed by atoms with Gasteiger partial charge >= 0.3 is 6.04 Å². The van der Waals surface area contributed by atoms with Gasteiger partial charge in [0.1, 0.15) is 0 Å². The van der Waals surface area contributed by atoms with Crippen LogP contribution >= 0.6 is 0 Å². The first-order chi connectivity index (χ1) is 5.70. The van der Waals surface area contributed by atoms with Gasteiger partial charge in [-0.25, -0.2) is 0 Å². The van der Waals surface area contributed by atoms with Crippen LogP contribution in [0.5, 0.6) is 0 Å². The van der Waals surface area contributed by atoms with Gasteiger partial charge in [0, 0.05) is 0 Å². The van der Waals surface area contributed by atoms with Gasteiger partial charge in [-0.05, 0) is 11.6 Å². The lowest BCUT2D eigenvalue weighted by molar-refractivity contribution is -0.127. The highest BCUT2D eigenvalue weighted by atomic mass is 19.1. The summed E-state index contributed by atoms with van der Waals surface area (Å²) in [5.74, 6) is -0.874. The van der Waals surface area contributed by atoms with Crippen molar-refractivity contribution in [2.45, 2.75) is 0 Å². The Hall–Kier alpha value is -1.64. The Balaban J connectivity index is 2.89. The summed E-state index contributed by atoms with van der Waals surface area (Å²) in [6.07, 6.45) is 1.07. The van der Waals surface area contributed by atoms with Crippen molar-refractivity contribution in [2.75, 3.05) is 0 Å². The lowest BCUT2D eigenvalue weighted by Crippen LogP contribution is -1.91. The minimum Gasteiger partial charge on any atom is -0.502 e. The summed E-state index contributed by atoms with van der Waals surface area (Å²) < 4.78 is 11.8. The molecule has 1 aromatic rings. The van der Waals surface area contributed by atoms with Gasteiger partial charge in [-0.2, -0.15) is 4.39 Å². The van der Waals surface area contributed by atoms with E-state index in [0.29, 0.717) is 5.56 Å². The van der Waals surface area contributed by atoms with Gasteiger partial charge in [0.05, 0.1) is 0 Å². The summed E-state index contributed by atoms with van der Waals surface area (Å²) >= 11 is 0. The normalized spacial score (nSPS) is 11.2. The third-order valence-corrected chi connectivity index (χ3v) is 1.30. The van der Waals surface area contributed by atoms with Crippen LogP contribution in [0.25, 0.3) is 6.08 Å². The second-order valence-corrected chi connectivity index (χ2v) is 2.21. The first-order valence-electron chi connectivity index (χ1n) is 3.35. The Morgan fingerprint density at radius 1 is 1.33 bits per heavy atom. The van der Waals surface area contributed by atoms with E-state index in [0.717, 1.165) is 6.08 Å². The summed E-state index contributed by atoms with van der Waals surface area (Å²) in [5.41, 5.74) is 0.584. The summed E-state index contributed by atoms with van der Waals surface area (Å²) in [6, 6.07) is 6.71. The third kappa shape index (κ3) is 2.20. The van der Waals surface area contributed by atoms with E-state index in [-0.39, 0.29) is 0 Å². The molecule has 0 atom stereocenters. The molecule has 1 rings (SSSR count). The predicted octanol–water partition coefficient (Wildman–Crippen LogP) is 2.08. The molecule has 0 amide bonds. The van der Waals surface area contributed by atoms with Crippen molar-refractivity contribution in [3.8, 4) is 0 Å². The van der Waals surface area contributed by atoms with Crippen LogP contribution in [0.4, 0.5) is 4.39 Å². The first-order valence-corrected chi connectivity index (χ1v) is 3.35. The molecule has 1 N–H and O–H groups in total. The minimum absolute atomic E-state index is 0.584. The maximum Gasteiger partial charge on any atom is 0.366 e. The van der Waals surface area contributed by atoms with Gasteiger partial charge in [-0.15, -0.1) is 0 Å². The zero-order valence-corrected chi connectivity index (χ0v) is 6.20. The van der Waals surface area contributed by atoms with Crippen LogP contribution in [0.2, 0.25) is 0 Å². The molecule has 0 unspecified atom stereocenters. The van der Waals surface area contributed by atoms with Crippen LogP contribution in [-0.2, 0) is 4.79 Å². The zero-order chi connectivity index (χ0) is 8.97. The lowest BCUT2D eigenvalue weighted by atomic mass is 10.2. The molecule has 62 valence electrons. The minimum atomic E-state index is -1.82. The third-order valence-electron chi connectivity index (χ3n) is 1.30. The van der Waals surface area contributed by atoms with Crippen molar-refractivity contribution in [3.05, 3.63) is 41.7 Å². The quantitative estimate of drug-likeness (QED) is 0.415. The molecule has 3 heteroatoms. The van der Waals surface area contributed by atoms with E-state index in [1.807, 2.05) is 0 Å². The maximum atomic E-state index is 11.8.